The standard InChI is InChI=1S/C22H27N3O3/c1-4-25(5-2)14-15-27-21-9-7-6-8-20(21)24-22(26)17(3)28-19-12-10-18(16-23)11-13-19/h6-13,17H,4-5,14-15H2,1-3H3,(H,24,26). The van der Waals surface area contributed by atoms with Gasteiger partial charge in [0.05, 0.1) is 17.3 Å². The molecule has 0 aromatic heterocycles. The van der Waals surface area contributed by atoms with Crippen molar-refractivity contribution in [1.29, 1.82) is 5.26 Å². The van der Waals surface area contributed by atoms with Gasteiger partial charge in [0, 0.05) is 6.54 Å². The molecule has 0 radical (unpaired) electrons. The molecule has 6 nitrogen and oxygen atoms in total. The molecule has 2 rings (SSSR count). The molecule has 0 aliphatic heterocycles. The van der Waals surface area contributed by atoms with Crippen LogP contribution >= 0.6 is 0 Å². The summed E-state index contributed by atoms with van der Waals surface area (Å²) in [6, 6.07) is 16.1. The van der Waals surface area contributed by atoms with Crippen LogP contribution in [0.25, 0.3) is 0 Å². The Morgan fingerprint density at radius 3 is 2.46 bits per heavy atom. The number of carbonyl (C=O) groups is 1. The zero-order chi connectivity index (χ0) is 20.4. The van der Waals surface area contributed by atoms with Crippen molar-refractivity contribution in [2.45, 2.75) is 26.9 Å². The van der Waals surface area contributed by atoms with Crippen LogP contribution in [0.15, 0.2) is 48.5 Å². The molecule has 0 bridgehead atoms. The van der Waals surface area contributed by atoms with Crippen LogP contribution in [0.1, 0.15) is 26.3 Å². The number of amides is 1. The van der Waals surface area contributed by atoms with Gasteiger partial charge in [-0.1, -0.05) is 26.0 Å². The molecule has 0 aliphatic rings. The first-order valence-corrected chi connectivity index (χ1v) is 9.49. The molecule has 1 atom stereocenters. The van der Waals surface area contributed by atoms with Crippen molar-refractivity contribution in [2.75, 3.05) is 31.6 Å². The number of benzene rings is 2. The van der Waals surface area contributed by atoms with Gasteiger partial charge in [0.15, 0.2) is 6.10 Å². The molecule has 0 aliphatic carbocycles. The lowest BCUT2D eigenvalue weighted by Crippen LogP contribution is -2.30. The van der Waals surface area contributed by atoms with Gasteiger partial charge in [-0.15, -0.1) is 0 Å². The largest absolute Gasteiger partial charge is 0.490 e. The Labute approximate surface area is 166 Å². The number of ether oxygens (including phenoxy) is 2. The molecule has 1 N–H and O–H groups in total. The second kappa shape index (κ2) is 11.0. The minimum absolute atomic E-state index is 0.274. The average Bonchev–Trinajstić information content (AvgIpc) is 2.72. The molecule has 28 heavy (non-hydrogen) atoms. The Hall–Kier alpha value is -3.04. The third-order valence-electron chi connectivity index (χ3n) is 4.37. The highest BCUT2D eigenvalue weighted by atomic mass is 16.5. The van der Waals surface area contributed by atoms with E-state index in [2.05, 4.69) is 24.1 Å². The van der Waals surface area contributed by atoms with Crippen molar-refractivity contribution in [3.63, 3.8) is 0 Å². The van der Waals surface area contributed by atoms with E-state index in [4.69, 9.17) is 14.7 Å². The first-order chi connectivity index (χ1) is 13.6. The van der Waals surface area contributed by atoms with Gasteiger partial charge in [-0.3, -0.25) is 4.79 Å². The van der Waals surface area contributed by atoms with Gasteiger partial charge >= 0.3 is 0 Å². The molecule has 2 aromatic carbocycles. The lowest BCUT2D eigenvalue weighted by Gasteiger charge is -2.19. The third kappa shape index (κ3) is 6.29. The van der Waals surface area contributed by atoms with Crippen LogP contribution in [0.3, 0.4) is 0 Å². The van der Waals surface area contributed by atoms with Crippen molar-refractivity contribution in [3.05, 3.63) is 54.1 Å². The maximum absolute atomic E-state index is 12.5. The highest BCUT2D eigenvalue weighted by Gasteiger charge is 2.17. The molecule has 0 spiro atoms. The van der Waals surface area contributed by atoms with E-state index in [1.807, 2.05) is 24.3 Å². The molecule has 6 heteroatoms. The van der Waals surface area contributed by atoms with Gasteiger partial charge in [-0.05, 0) is 56.4 Å². The molecule has 0 heterocycles. The number of nitrogens with one attached hydrogen (secondary N) is 1. The number of hydrogen-bond donors (Lipinski definition) is 1. The SMILES string of the molecule is CCN(CC)CCOc1ccccc1NC(=O)C(C)Oc1ccc(C#N)cc1. The number of nitriles is 1. The van der Waals surface area contributed by atoms with Crippen LogP contribution in [-0.2, 0) is 4.79 Å². The summed E-state index contributed by atoms with van der Waals surface area (Å²) in [5, 5.41) is 11.7. The first kappa shape index (κ1) is 21.3. The Balaban J connectivity index is 1.94. The second-order valence-corrected chi connectivity index (χ2v) is 6.26. The average molecular weight is 381 g/mol. The van der Waals surface area contributed by atoms with E-state index in [0.717, 1.165) is 19.6 Å². The van der Waals surface area contributed by atoms with Gasteiger partial charge in [-0.2, -0.15) is 5.26 Å². The number of carbonyl (C=O) groups excluding carboxylic acids is 1. The van der Waals surface area contributed by atoms with Crippen LogP contribution in [-0.4, -0.2) is 43.2 Å². The Morgan fingerprint density at radius 1 is 1.14 bits per heavy atom. The monoisotopic (exact) mass is 381 g/mol. The fourth-order valence-corrected chi connectivity index (χ4v) is 2.62. The van der Waals surface area contributed by atoms with E-state index in [-0.39, 0.29) is 5.91 Å². The molecular weight excluding hydrogens is 354 g/mol. The summed E-state index contributed by atoms with van der Waals surface area (Å²) >= 11 is 0. The molecule has 0 saturated heterocycles. The van der Waals surface area contributed by atoms with Crippen molar-refractivity contribution in [2.24, 2.45) is 0 Å². The van der Waals surface area contributed by atoms with E-state index in [9.17, 15) is 4.79 Å². The summed E-state index contributed by atoms with van der Waals surface area (Å²) in [7, 11) is 0. The minimum atomic E-state index is -0.698. The number of anilines is 1. The summed E-state index contributed by atoms with van der Waals surface area (Å²) < 4.78 is 11.5. The van der Waals surface area contributed by atoms with Crippen molar-refractivity contribution in [3.8, 4) is 17.6 Å². The first-order valence-electron chi connectivity index (χ1n) is 9.49. The smallest absolute Gasteiger partial charge is 0.265 e. The predicted molar refractivity (Wildman–Crippen MR) is 110 cm³/mol. The van der Waals surface area contributed by atoms with Gasteiger partial charge in [-0.25, -0.2) is 0 Å². The summed E-state index contributed by atoms with van der Waals surface area (Å²) in [4.78, 5) is 14.8. The summed E-state index contributed by atoms with van der Waals surface area (Å²) in [6.07, 6.45) is -0.698. The predicted octanol–water partition coefficient (Wildman–Crippen LogP) is 3.68. The zero-order valence-corrected chi connectivity index (χ0v) is 16.6. The van der Waals surface area contributed by atoms with Crippen molar-refractivity contribution in [1.82, 2.24) is 4.90 Å². The fraction of sp³-hybridized carbons (Fsp3) is 0.364. The Bertz CT molecular complexity index is 795. The zero-order valence-electron chi connectivity index (χ0n) is 16.6. The Morgan fingerprint density at radius 2 is 1.82 bits per heavy atom. The van der Waals surface area contributed by atoms with Gasteiger partial charge < -0.3 is 19.7 Å². The maximum Gasteiger partial charge on any atom is 0.265 e. The van der Waals surface area contributed by atoms with Crippen molar-refractivity contribution < 1.29 is 14.3 Å². The molecule has 1 unspecified atom stereocenters. The lowest BCUT2D eigenvalue weighted by molar-refractivity contribution is -0.122. The van der Waals surface area contributed by atoms with E-state index in [1.165, 1.54) is 0 Å². The molecule has 148 valence electrons. The van der Waals surface area contributed by atoms with Gasteiger partial charge in [0.2, 0.25) is 0 Å². The molecule has 1 amide bonds. The van der Waals surface area contributed by atoms with Crippen LogP contribution in [0.5, 0.6) is 11.5 Å². The topological polar surface area (TPSA) is 74.6 Å². The number of hydrogen-bond acceptors (Lipinski definition) is 5. The van der Waals surface area contributed by atoms with E-state index in [0.29, 0.717) is 29.4 Å². The Kier molecular flexibility index (Phi) is 8.32. The normalized spacial score (nSPS) is 11.5. The summed E-state index contributed by atoms with van der Waals surface area (Å²) in [5.41, 5.74) is 1.16. The number of rotatable bonds is 10. The van der Waals surface area contributed by atoms with Gasteiger partial charge in [0.1, 0.15) is 18.1 Å². The fourth-order valence-electron chi connectivity index (χ4n) is 2.62. The van der Waals surface area contributed by atoms with E-state index >= 15 is 0 Å². The van der Waals surface area contributed by atoms with Gasteiger partial charge in [0.25, 0.3) is 5.91 Å². The molecular formula is C22H27N3O3. The quantitative estimate of drug-likeness (QED) is 0.679. The van der Waals surface area contributed by atoms with Crippen LogP contribution < -0.4 is 14.8 Å². The number of likely N-dealkylation sites (N-methyl/N-ethyl adjacent to an activating group) is 1. The molecule has 2 aromatic rings. The number of para-hydroxylation sites is 2. The summed E-state index contributed by atoms with van der Waals surface area (Å²) in [5.74, 6) is 0.892. The van der Waals surface area contributed by atoms with E-state index < -0.39 is 6.10 Å². The van der Waals surface area contributed by atoms with Crippen molar-refractivity contribution >= 4 is 11.6 Å². The highest BCUT2D eigenvalue weighted by Crippen LogP contribution is 2.24. The van der Waals surface area contributed by atoms with E-state index in [1.54, 1.807) is 37.3 Å². The van der Waals surface area contributed by atoms with Crippen LogP contribution in [0.4, 0.5) is 5.69 Å². The third-order valence-corrected chi connectivity index (χ3v) is 4.37. The highest BCUT2D eigenvalue weighted by molar-refractivity contribution is 5.95. The maximum atomic E-state index is 12.5. The minimum Gasteiger partial charge on any atom is -0.490 e. The van der Waals surface area contributed by atoms with Crippen LogP contribution in [0, 0.1) is 11.3 Å². The molecule has 0 saturated carbocycles. The van der Waals surface area contributed by atoms with Crippen LogP contribution in [0.2, 0.25) is 0 Å². The summed E-state index contributed by atoms with van der Waals surface area (Å²) in [6.45, 7) is 9.24. The second-order valence-electron chi connectivity index (χ2n) is 6.26. The molecule has 0 fully saturated rings. The lowest BCUT2D eigenvalue weighted by atomic mass is 10.2. The number of nitrogens with zero attached hydrogens (tertiary/aromatic N) is 2.